The summed E-state index contributed by atoms with van der Waals surface area (Å²) >= 11 is 0. The van der Waals surface area contributed by atoms with E-state index in [1.807, 2.05) is 6.92 Å². The first-order chi connectivity index (χ1) is 9.82. The van der Waals surface area contributed by atoms with Crippen LogP contribution < -0.4 is 0 Å². The Morgan fingerprint density at radius 1 is 1.38 bits per heavy atom. The van der Waals surface area contributed by atoms with Crippen molar-refractivity contribution >= 4 is 15.7 Å². The number of hydrogen-bond donors (Lipinski definition) is 1. The van der Waals surface area contributed by atoms with Crippen molar-refractivity contribution in [2.24, 2.45) is 0 Å². The van der Waals surface area contributed by atoms with Gasteiger partial charge in [-0.05, 0) is 31.2 Å². The van der Waals surface area contributed by atoms with Crippen LogP contribution in [-0.2, 0) is 14.6 Å². The van der Waals surface area contributed by atoms with Gasteiger partial charge in [-0.1, -0.05) is 0 Å². The first-order valence-corrected chi connectivity index (χ1v) is 8.55. The van der Waals surface area contributed by atoms with Crippen molar-refractivity contribution in [2.45, 2.75) is 24.0 Å². The molecule has 1 saturated heterocycles. The van der Waals surface area contributed by atoms with Crippen LogP contribution in [0.4, 0.5) is 0 Å². The van der Waals surface area contributed by atoms with E-state index in [1.54, 1.807) is 4.90 Å². The number of amides is 1. The number of nitrogens with zero attached hydrogens (tertiary/aromatic N) is 1. The zero-order valence-corrected chi connectivity index (χ0v) is 12.8. The number of hydrogen-bond acceptors (Lipinski definition) is 5. The van der Waals surface area contributed by atoms with E-state index in [-0.39, 0.29) is 29.6 Å². The molecular formula is C14H19NO5S. The van der Waals surface area contributed by atoms with Crippen LogP contribution in [0.25, 0.3) is 0 Å². The van der Waals surface area contributed by atoms with Gasteiger partial charge in [0.2, 0.25) is 0 Å². The van der Waals surface area contributed by atoms with Crippen molar-refractivity contribution in [3.05, 3.63) is 29.8 Å². The zero-order valence-electron chi connectivity index (χ0n) is 12.0. The summed E-state index contributed by atoms with van der Waals surface area (Å²) in [6.45, 7) is 2.43. The van der Waals surface area contributed by atoms with Gasteiger partial charge in [-0.15, -0.1) is 0 Å². The molecule has 116 valence electrons. The van der Waals surface area contributed by atoms with Crippen LogP contribution in [0.3, 0.4) is 0 Å². The van der Waals surface area contributed by atoms with E-state index in [0.29, 0.717) is 18.7 Å². The SMILES string of the molecule is CC1COC(CO)CN1C(=O)c1ccc(S(C)(=O)=O)cc1. The number of carbonyl (C=O) groups excluding carboxylic acids is 1. The van der Waals surface area contributed by atoms with E-state index < -0.39 is 9.84 Å². The van der Waals surface area contributed by atoms with E-state index >= 15 is 0 Å². The Hall–Kier alpha value is -1.44. The van der Waals surface area contributed by atoms with Crippen LogP contribution in [0.15, 0.2) is 29.2 Å². The van der Waals surface area contributed by atoms with E-state index in [2.05, 4.69) is 0 Å². The highest BCUT2D eigenvalue weighted by molar-refractivity contribution is 7.90. The minimum Gasteiger partial charge on any atom is -0.394 e. The average molecular weight is 313 g/mol. The molecule has 6 nitrogen and oxygen atoms in total. The van der Waals surface area contributed by atoms with Crippen LogP contribution in [0, 0.1) is 0 Å². The average Bonchev–Trinajstić information content (AvgIpc) is 2.46. The molecule has 1 aromatic rings. The third-order valence-electron chi connectivity index (χ3n) is 3.50. The standard InChI is InChI=1S/C14H19NO5S/c1-10-9-20-12(8-16)7-15(10)14(17)11-3-5-13(6-4-11)21(2,18)19/h3-6,10,12,16H,7-9H2,1-2H3. The first kappa shape index (κ1) is 15.9. The number of ether oxygens (including phenoxy) is 1. The molecule has 2 rings (SSSR count). The van der Waals surface area contributed by atoms with Crippen LogP contribution >= 0.6 is 0 Å². The molecule has 0 radical (unpaired) electrons. The normalized spacial score (nSPS) is 23.1. The Balaban J connectivity index is 2.19. The fourth-order valence-corrected chi connectivity index (χ4v) is 2.85. The van der Waals surface area contributed by atoms with Crippen LogP contribution in [0.5, 0.6) is 0 Å². The molecule has 0 spiro atoms. The number of aliphatic hydroxyl groups is 1. The highest BCUT2D eigenvalue weighted by Crippen LogP contribution is 2.17. The van der Waals surface area contributed by atoms with Crippen molar-refractivity contribution in [1.29, 1.82) is 0 Å². The van der Waals surface area contributed by atoms with Crippen molar-refractivity contribution in [2.75, 3.05) is 26.0 Å². The molecule has 1 heterocycles. The second-order valence-electron chi connectivity index (χ2n) is 5.24. The number of morpholine rings is 1. The van der Waals surface area contributed by atoms with Crippen LogP contribution in [-0.4, -0.2) is 62.5 Å². The topological polar surface area (TPSA) is 83.9 Å². The lowest BCUT2D eigenvalue weighted by Crippen LogP contribution is -2.52. The summed E-state index contributed by atoms with van der Waals surface area (Å²) in [7, 11) is -3.27. The Morgan fingerprint density at radius 3 is 2.52 bits per heavy atom. The fourth-order valence-electron chi connectivity index (χ4n) is 2.22. The third kappa shape index (κ3) is 3.61. The molecule has 7 heteroatoms. The summed E-state index contributed by atoms with van der Waals surface area (Å²) in [6, 6.07) is 5.79. The summed E-state index contributed by atoms with van der Waals surface area (Å²) in [5.41, 5.74) is 0.424. The van der Waals surface area contributed by atoms with Gasteiger partial charge >= 0.3 is 0 Å². The number of sulfone groups is 1. The van der Waals surface area contributed by atoms with Crippen molar-refractivity contribution in [1.82, 2.24) is 4.90 Å². The molecule has 2 atom stereocenters. The molecule has 1 aliphatic rings. The fraction of sp³-hybridized carbons (Fsp3) is 0.500. The molecule has 1 amide bonds. The molecule has 2 unspecified atom stereocenters. The second kappa shape index (κ2) is 6.13. The Kier molecular flexibility index (Phi) is 4.65. The van der Waals surface area contributed by atoms with Gasteiger partial charge in [0, 0.05) is 18.4 Å². The molecule has 1 fully saturated rings. The molecule has 1 N–H and O–H groups in total. The van der Waals surface area contributed by atoms with Gasteiger partial charge in [0.15, 0.2) is 9.84 Å². The van der Waals surface area contributed by atoms with Crippen molar-refractivity contribution < 1.29 is 23.1 Å². The van der Waals surface area contributed by atoms with E-state index in [0.717, 1.165) is 6.26 Å². The van der Waals surface area contributed by atoms with Gasteiger partial charge in [0.1, 0.15) is 0 Å². The van der Waals surface area contributed by atoms with Gasteiger partial charge in [0.25, 0.3) is 5.91 Å². The predicted octanol–water partition coefficient (Wildman–Crippen LogP) is 0.312. The molecule has 0 bridgehead atoms. The van der Waals surface area contributed by atoms with Crippen LogP contribution in [0.2, 0.25) is 0 Å². The highest BCUT2D eigenvalue weighted by Gasteiger charge is 2.29. The Bertz CT molecular complexity index is 611. The summed E-state index contributed by atoms with van der Waals surface area (Å²) in [5, 5.41) is 9.14. The van der Waals surface area contributed by atoms with Gasteiger partial charge in [-0.3, -0.25) is 4.79 Å². The maximum absolute atomic E-state index is 12.5. The third-order valence-corrected chi connectivity index (χ3v) is 4.63. The summed E-state index contributed by atoms with van der Waals surface area (Å²) in [4.78, 5) is 14.3. The minimum absolute atomic E-state index is 0.0881. The lowest BCUT2D eigenvalue weighted by Gasteiger charge is -2.37. The molecule has 0 aliphatic carbocycles. The number of carbonyl (C=O) groups is 1. The first-order valence-electron chi connectivity index (χ1n) is 6.66. The maximum atomic E-state index is 12.5. The second-order valence-corrected chi connectivity index (χ2v) is 7.26. The number of aliphatic hydroxyl groups excluding tert-OH is 1. The molecular weight excluding hydrogens is 294 g/mol. The monoisotopic (exact) mass is 313 g/mol. The largest absolute Gasteiger partial charge is 0.394 e. The van der Waals surface area contributed by atoms with Gasteiger partial charge in [-0.2, -0.15) is 0 Å². The lowest BCUT2D eigenvalue weighted by atomic mass is 10.1. The smallest absolute Gasteiger partial charge is 0.254 e. The Morgan fingerprint density at radius 2 is 2.00 bits per heavy atom. The highest BCUT2D eigenvalue weighted by atomic mass is 32.2. The zero-order chi connectivity index (χ0) is 15.6. The summed E-state index contributed by atoms with van der Waals surface area (Å²) in [5.74, 6) is -0.190. The van der Waals surface area contributed by atoms with Crippen LogP contribution in [0.1, 0.15) is 17.3 Å². The molecule has 21 heavy (non-hydrogen) atoms. The minimum atomic E-state index is -3.27. The quantitative estimate of drug-likeness (QED) is 0.868. The van der Waals surface area contributed by atoms with Gasteiger partial charge in [0.05, 0.1) is 30.3 Å². The van der Waals surface area contributed by atoms with Crippen molar-refractivity contribution in [3.8, 4) is 0 Å². The van der Waals surface area contributed by atoms with E-state index in [4.69, 9.17) is 9.84 Å². The van der Waals surface area contributed by atoms with E-state index in [9.17, 15) is 13.2 Å². The summed E-state index contributed by atoms with van der Waals surface area (Å²) < 4.78 is 28.2. The predicted molar refractivity (Wildman–Crippen MR) is 76.9 cm³/mol. The molecule has 1 aromatic carbocycles. The van der Waals surface area contributed by atoms with Crippen molar-refractivity contribution in [3.63, 3.8) is 0 Å². The van der Waals surface area contributed by atoms with E-state index in [1.165, 1.54) is 24.3 Å². The maximum Gasteiger partial charge on any atom is 0.254 e. The van der Waals surface area contributed by atoms with Gasteiger partial charge < -0.3 is 14.7 Å². The molecule has 0 saturated carbocycles. The number of benzene rings is 1. The lowest BCUT2D eigenvalue weighted by molar-refractivity contribution is -0.0667. The Labute approximate surface area is 124 Å². The molecule has 1 aliphatic heterocycles. The summed E-state index contributed by atoms with van der Waals surface area (Å²) in [6.07, 6.45) is 0.750. The van der Waals surface area contributed by atoms with Gasteiger partial charge in [-0.25, -0.2) is 8.42 Å². The molecule has 0 aromatic heterocycles. The number of rotatable bonds is 3.